The predicted molar refractivity (Wildman–Crippen MR) is 94.1 cm³/mol. The molecule has 3 aromatic carbocycles. The highest BCUT2D eigenvalue weighted by molar-refractivity contribution is 7.89. The van der Waals surface area contributed by atoms with Gasteiger partial charge in [0.1, 0.15) is 0 Å². The van der Waals surface area contributed by atoms with Gasteiger partial charge in [-0.1, -0.05) is 60.7 Å². The van der Waals surface area contributed by atoms with E-state index in [4.69, 9.17) is 10.9 Å². The van der Waals surface area contributed by atoms with E-state index in [2.05, 4.69) is 48.5 Å². The Morgan fingerprint density at radius 3 is 1.35 bits per heavy atom. The minimum absolute atomic E-state index is 0.0756. The molecule has 0 unspecified atom stereocenters. The van der Waals surface area contributed by atoms with Gasteiger partial charge < -0.3 is 5.73 Å². The number of hydrogen-bond donors (Lipinski definition) is 2. The molecule has 0 aromatic heterocycles. The van der Waals surface area contributed by atoms with Gasteiger partial charge in [0.25, 0.3) is 0 Å². The van der Waals surface area contributed by atoms with Crippen LogP contribution in [0.3, 0.4) is 0 Å². The summed E-state index contributed by atoms with van der Waals surface area (Å²) in [5.41, 5.74) is 8.40. The van der Waals surface area contributed by atoms with Crippen LogP contribution in [0.15, 0.2) is 89.8 Å². The van der Waals surface area contributed by atoms with Crippen LogP contribution in [0.2, 0.25) is 0 Å². The molecule has 0 radical (unpaired) electrons. The zero-order chi connectivity index (χ0) is 16.7. The first-order valence-electron chi connectivity index (χ1n) is 6.95. The van der Waals surface area contributed by atoms with Crippen molar-refractivity contribution in [1.82, 2.24) is 0 Å². The number of anilines is 1. The van der Waals surface area contributed by atoms with E-state index < -0.39 is 10.0 Å². The average molecular weight is 326 g/mol. The van der Waals surface area contributed by atoms with E-state index in [-0.39, 0.29) is 4.90 Å². The maximum Gasteiger partial charge on any atom is 0.238 e. The van der Waals surface area contributed by atoms with E-state index in [1.165, 1.54) is 35.4 Å². The number of nitrogen functional groups attached to an aromatic ring is 1. The summed E-state index contributed by atoms with van der Waals surface area (Å²) in [5.74, 6) is 0. The maximum absolute atomic E-state index is 10.7. The Bertz CT molecular complexity index is 794. The molecule has 118 valence electrons. The van der Waals surface area contributed by atoms with Crippen LogP contribution >= 0.6 is 0 Å². The molecule has 0 saturated heterocycles. The molecule has 0 aliphatic carbocycles. The highest BCUT2D eigenvalue weighted by Crippen LogP contribution is 2.17. The summed E-state index contributed by atoms with van der Waals surface area (Å²) in [6.07, 6.45) is 0. The monoisotopic (exact) mass is 326 g/mol. The molecule has 4 nitrogen and oxygen atoms in total. The third-order valence-corrected chi connectivity index (χ3v) is 4.02. The van der Waals surface area contributed by atoms with Crippen molar-refractivity contribution < 1.29 is 8.42 Å². The van der Waals surface area contributed by atoms with Crippen molar-refractivity contribution in [2.75, 3.05) is 5.73 Å². The van der Waals surface area contributed by atoms with Crippen LogP contribution in [0.5, 0.6) is 0 Å². The smallest absolute Gasteiger partial charge is 0.238 e. The fourth-order valence-corrected chi connectivity index (χ4v) is 2.43. The van der Waals surface area contributed by atoms with Crippen LogP contribution < -0.4 is 10.9 Å². The lowest BCUT2D eigenvalue weighted by molar-refractivity contribution is 0.598. The van der Waals surface area contributed by atoms with E-state index in [0.717, 1.165) is 0 Å². The Hall–Kier alpha value is -2.63. The van der Waals surface area contributed by atoms with Crippen molar-refractivity contribution in [3.63, 3.8) is 0 Å². The summed E-state index contributed by atoms with van der Waals surface area (Å²) < 4.78 is 21.4. The predicted octanol–water partition coefficient (Wildman–Crippen LogP) is 3.27. The van der Waals surface area contributed by atoms with E-state index in [1.807, 2.05) is 12.1 Å². The van der Waals surface area contributed by atoms with Gasteiger partial charge >= 0.3 is 0 Å². The van der Waals surface area contributed by atoms with Crippen LogP contribution in [0.25, 0.3) is 11.1 Å². The summed E-state index contributed by atoms with van der Waals surface area (Å²) >= 11 is 0. The van der Waals surface area contributed by atoms with E-state index in [9.17, 15) is 8.42 Å². The molecular formula is C18H18N2O2S. The number of hydrogen-bond acceptors (Lipinski definition) is 3. The Morgan fingerprint density at radius 1 is 0.609 bits per heavy atom. The van der Waals surface area contributed by atoms with Gasteiger partial charge in [-0.25, -0.2) is 13.6 Å². The van der Waals surface area contributed by atoms with Crippen LogP contribution in [-0.4, -0.2) is 8.42 Å². The third kappa shape index (κ3) is 5.25. The van der Waals surface area contributed by atoms with Gasteiger partial charge in [0, 0.05) is 5.69 Å². The summed E-state index contributed by atoms with van der Waals surface area (Å²) in [5, 5.41) is 4.84. The molecule has 4 N–H and O–H groups in total. The van der Waals surface area contributed by atoms with Gasteiger partial charge in [-0.05, 0) is 35.4 Å². The fraction of sp³-hybridized carbons (Fsp3) is 0. The number of nitrogens with two attached hydrogens (primary N) is 2. The Morgan fingerprint density at radius 2 is 1.00 bits per heavy atom. The second kappa shape index (κ2) is 7.58. The van der Waals surface area contributed by atoms with Crippen LogP contribution in [0.4, 0.5) is 5.69 Å². The number of sulfonamides is 1. The van der Waals surface area contributed by atoms with Gasteiger partial charge in [-0.2, -0.15) is 0 Å². The summed E-state index contributed by atoms with van der Waals surface area (Å²) in [7, 11) is -3.58. The Balaban J connectivity index is 0.000000168. The highest BCUT2D eigenvalue weighted by Gasteiger charge is 2.05. The van der Waals surface area contributed by atoms with Gasteiger partial charge in [-0.3, -0.25) is 0 Å². The second-order valence-electron chi connectivity index (χ2n) is 4.85. The van der Waals surface area contributed by atoms with E-state index >= 15 is 0 Å². The first kappa shape index (κ1) is 16.7. The first-order chi connectivity index (χ1) is 11.0. The van der Waals surface area contributed by atoms with Crippen molar-refractivity contribution in [1.29, 1.82) is 0 Å². The number of rotatable bonds is 2. The molecule has 0 amide bonds. The quantitative estimate of drug-likeness (QED) is 0.709. The minimum Gasteiger partial charge on any atom is -0.399 e. The Labute approximate surface area is 136 Å². The fourth-order valence-electron chi connectivity index (χ4n) is 1.92. The molecule has 0 bridgehead atoms. The third-order valence-electron chi connectivity index (χ3n) is 3.09. The van der Waals surface area contributed by atoms with Crippen LogP contribution in [-0.2, 0) is 10.0 Å². The number of primary sulfonamides is 1. The van der Waals surface area contributed by atoms with Gasteiger partial charge in [-0.15, -0.1) is 0 Å². The van der Waals surface area contributed by atoms with Crippen LogP contribution in [0, 0.1) is 0 Å². The zero-order valence-corrected chi connectivity index (χ0v) is 13.3. The molecule has 5 heteroatoms. The van der Waals surface area contributed by atoms with Crippen LogP contribution in [0.1, 0.15) is 0 Å². The maximum atomic E-state index is 10.7. The lowest BCUT2D eigenvalue weighted by Crippen LogP contribution is -2.11. The zero-order valence-electron chi connectivity index (χ0n) is 12.5. The molecule has 0 aliphatic rings. The topological polar surface area (TPSA) is 86.2 Å². The summed E-state index contributed by atoms with van der Waals surface area (Å²) in [6, 6.07) is 26.5. The van der Waals surface area contributed by atoms with Crippen molar-refractivity contribution in [2.24, 2.45) is 5.14 Å². The first-order valence-corrected chi connectivity index (χ1v) is 8.50. The van der Waals surface area contributed by atoms with Crippen molar-refractivity contribution in [2.45, 2.75) is 4.90 Å². The molecule has 0 fully saturated rings. The lowest BCUT2D eigenvalue weighted by atomic mass is 10.1. The molecule has 0 spiro atoms. The largest absolute Gasteiger partial charge is 0.399 e. The molecule has 23 heavy (non-hydrogen) atoms. The molecule has 0 heterocycles. The summed E-state index contributed by atoms with van der Waals surface area (Å²) in [4.78, 5) is 0.0756. The number of benzene rings is 3. The SMILES string of the molecule is Nc1ccc(S(N)(=O)=O)cc1.c1ccc(-c2ccccc2)cc1. The molecule has 0 aliphatic heterocycles. The van der Waals surface area contributed by atoms with Gasteiger partial charge in [0.2, 0.25) is 10.0 Å². The summed E-state index contributed by atoms with van der Waals surface area (Å²) in [6.45, 7) is 0. The standard InChI is InChI=1S/C12H10.C6H8N2O2S/c1-3-7-11(8-4-1)12-9-5-2-6-10-12;7-5-1-3-6(4-2-5)11(8,9)10/h1-10H;1-4H,7H2,(H2,8,9,10). The van der Waals surface area contributed by atoms with E-state index in [1.54, 1.807) is 0 Å². The second-order valence-corrected chi connectivity index (χ2v) is 6.41. The van der Waals surface area contributed by atoms with Gasteiger partial charge in [0.15, 0.2) is 0 Å². The average Bonchev–Trinajstić information content (AvgIpc) is 2.57. The lowest BCUT2D eigenvalue weighted by Gasteiger charge is -1.98. The van der Waals surface area contributed by atoms with E-state index in [0.29, 0.717) is 5.69 Å². The highest BCUT2D eigenvalue weighted by atomic mass is 32.2. The van der Waals surface area contributed by atoms with Crippen molar-refractivity contribution >= 4 is 15.7 Å². The molecule has 3 aromatic rings. The van der Waals surface area contributed by atoms with Crippen molar-refractivity contribution in [3.05, 3.63) is 84.9 Å². The van der Waals surface area contributed by atoms with Gasteiger partial charge in [0.05, 0.1) is 4.90 Å². The normalized spacial score (nSPS) is 10.5. The molecular weight excluding hydrogens is 308 g/mol. The Kier molecular flexibility index (Phi) is 5.51. The molecule has 0 atom stereocenters. The minimum atomic E-state index is -3.58. The molecule has 3 rings (SSSR count). The molecule has 0 saturated carbocycles. The van der Waals surface area contributed by atoms with Crippen molar-refractivity contribution in [3.8, 4) is 11.1 Å².